The van der Waals surface area contributed by atoms with E-state index in [2.05, 4.69) is 5.32 Å². The minimum Gasteiger partial charge on any atom is -0.469 e. The molecule has 0 spiro atoms. The lowest BCUT2D eigenvalue weighted by Crippen LogP contribution is -2.14. The van der Waals surface area contributed by atoms with Gasteiger partial charge in [0.2, 0.25) is 10.0 Å². The molecule has 0 atom stereocenters. The molecule has 7 heteroatoms. The first-order chi connectivity index (χ1) is 9.29. The van der Waals surface area contributed by atoms with Crippen molar-refractivity contribution in [1.29, 1.82) is 0 Å². The summed E-state index contributed by atoms with van der Waals surface area (Å²) in [6.45, 7) is 3.47. The number of hydrogen-bond acceptors (Lipinski definition) is 4. The number of amides is 1. The van der Waals surface area contributed by atoms with Crippen LogP contribution >= 0.6 is 0 Å². The van der Waals surface area contributed by atoms with Crippen LogP contribution in [0, 0.1) is 13.8 Å². The highest BCUT2D eigenvalue weighted by atomic mass is 32.2. The van der Waals surface area contributed by atoms with Crippen molar-refractivity contribution in [3.05, 3.63) is 47.4 Å². The normalized spacial score (nSPS) is 11.3. The van der Waals surface area contributed by atoms with Gasteiger partial charge in [-0.05, 0) is 38.1 Å². The van der Waals surface area contributed by atoms with Crippen molar-refractivity contribution >= 4 is 21.6 Å². The third-order valence-electron chi connectivity index (χ3n) is 2.83. The van der Waals surface area contributed by atoms with E-state index in [1.54, 1.807) is 13.8 Å². The van der Waals surface area contributed by atoms with Crippen LogP contribution < -0.4 is 10.5 Å². The number of nitrogens with two attached hydrogens (primary N) is 1. The topological polar surface area (TPSA) is 102 Å². The number of hydrogen-bond donors (Lipinski definition) is 2. The van der Waals surface area contributed by atoms with Crippen LogP contribution in [0.3, 0.4) is 0 Å². The lowest BCUT2D eigenvalue weighted by Gasteiger charge is -2.06. The SMILES string of the molecule is Cc1coc(C)c1C(=O)Nc1ccc(S(N)(=O)=O)cc1. The molecule has 0 saturated heterocycles. The largest absolute Gasteiger partial charge is 0.469 e. The van der Waals surface area contributed by atoms with E-state index in [-0.39, 0.29) is 10.8 Å². The molecule has 0 saturated carbocycles. The Balaban J connectivity index is 2.21. The highest BCUT2D eigenvalue weighted by Crippen LogP contribution is 2.18. The smallest absolute Gasteiger partial charge is 0.259 e. The van der Waals surface area contributed by atoms with Crippen LogP contribution in [0.5, 0.6) is 0 Å². The van der Waals surface area contributed by atoms with Crippen molar-refractivity contribution in [2.75, 3.05) is 5.32 Å². The van der Waals surface area contributed by atoms with Crippen molar-refractivity contribution in [2.24, 2.45) is 5.14 Å². The summed E-state index contributed by atoms with van der Waals surface area (Å²) in [5.41, 5.74) is 1.68. The first-order valence-electron chi connectivity index (χ1n) is 5.78. The molecule has 3 N–H and O–H groups in total. The van der Waals surface area contributed by atoms with E-state index in [9.17, 15) is 13.2 Å². The quantitative estimate of drug-likeness (QED) is 0.900. The van der Waals surface area contributed by atoms with Crippen molar-refractivity contribution in [3.63, 3.8) is 0 Å². The molecule has 0 bridgehead atoms. The zero-order valence-corrected chi connectivity index (χ0v) is 11.8. The summed E-state index contributed by atoms with van der Waals surface area (Å²) in [6.07, 6.45) is 1.51. The zero-order valence-electron chi connectivity index (χ0n) is 11.0. The van der Waals surface area contributed by atoms with Crippen LogP contribution in [-0.4, -0.2) is 14.3 Å². The highest BCUT2D eigenvalue weighted by molar-refractivity contribution is 7.89. The first kappa shape index (κ1) is 14.3. The molecule has 1 heterocycles. The molecule has 2 aromatic rings. The average Bonchev–Trinajstić information content (AvgIpc) is 2.68. The number of nitrogens with one attached hydrogen (secondary N) is 1. The number of carbonyl (C=O) groups excluding carboxylic acids is 1. The second-order valence-electron chi connectivity index (χ2n) is 4.37. The van der Waals surface area contributed by atoms with Crippen molar-refractivity contribution < 1.29 is 17.6 Å². The predicted molar refractivity (Wildman–Crippen MR) is 74.0 cm³/mol. The lowest BCUT2D eigenvalue weighted by molar-refractivity contribution is 0.102. The summed E-state index contributed by atoms with van der Waals surface area (Å²) in [4.78, 5) is 12.1. The van der Waals surface area contributed by atoms with E-state index >= 15 is 0 Å². The molecule has 0 aliphatic rings. The molecule has 1 amide bonds. The Labute approximate surface area is 116 Å². The second kappa shape index (κ2) is 5.10. The number of primary sulfonamides is 1. The molecule has 6 nitrogen and oxygen atoms in total. The Hall–Kier alpha value is -2.12. The van der Waals surface area contributed by atoms with Gasteiger partial charge in [-0.3, -0.25) is 4.79 Å². The molecule has 1 aromatic heterocycles. The van der Waals surface area contributed by atoms with E-state index in [0.29, 0.717) is 17.0 Å². The van der Waals surface area contributed by atoms with Gasteiger partial charge in [0.05, 0.1) is 16.7 Å². The van der Waals surface area contributed by atoms with Gasteiger partial charge in [-0.25, -0.2) is 13.6 Å². The van der Waals surface area contributed by atoms with Crippen LogP contribution in [0.4, 0.5) is 5.69 Å². The molecular weight excluding hydrogens is 280 g/mol. The standard InChI is InChI=1S/C13H14N2O4S/c1-8-7-19-9(2)12(8)13(16)15-10-3-5-11(6-4-10)20(14,17)18/h3-7H,1-2H3,(H,15,16)(H2,14,17,18). The van der Waals surface area contributed by atoms with Gasteiger partial charge < -0.3 is 9.73 Å². The monoisotopic (exact) mass is 294 g/mol. The van der Waals surface area contributed by atoms with Gasteiger partial charge in [-0.1, -0.05) is 0 Å². The van der Waals surface area contributed by atoms with Gasteiger partial charge in [0.25, 0.3) is 5.91 Å². The van der Waals surface area contributed by atoms with E-state index < -0.39 is 10.0 Å². The Morgan fingerprint density at radius 2 is 1.80 bits per heavy atom. The summed E-state index contributed by atoms with van der Waals surface area (Å²) in [7, 11) is -3.73. The van der Waals surface area contributed by atoms with Crippen LogP contribution in [-0.2, 0) is 10.0 Å². The predicted octanol–water partition coefficient (Wildman–Crippen LogP) is 1.80. The van der Waals surface area contributed by atoms with Crippen LogP contribution in [0.25, 0.3) is 0 Å². The fourth-order valence-corrected chi connectivity index (χ4v) is 2.35. The van der Waals surface area contributed by atoms with E-state index in [4.69, 9.17) is 9.56 Å². The van der Waals surface area contributed by atoms with Gasteiger partial charge in [-0.15, -0.1) is 0 Å². The van der Waals surface area contributed by atoms with Crippen molar-refractivity contribution in [1.82, 2.24) is 0 Å². The summed E-state index contributed by atoms with van der Waals surface area (Å²) >= 11 is 0. The highest BCUT2D eigenvalue weighted by Gasteiger charge is 2.16. The number of sulfonamides is 1. The number of furan rings is 1. The molecule has 0 radical (unpaired) electrons. The Bertz CT molecular complexity index is 726. The molecule has 2 rings (SSSR count). The van der Waals surface area contributed by atoms with Gasteiger partial charge in [0.1, 0.15) is 5.76 Å². The number of carbonyl (C=O) groups is 1. The summed E-state index contributed by atoms with van der Waals surface area (Å²) in [5.74, 6) is 0.221. The maximum Gasteiger partial charge on any atom is 0.259 e. The van der Waals surface area contributed by atoms with Crippen molar-refractivity contribution in [2.45, 2.75) is 18.7 Å². The molecular formula is C13H14N2O4S. The Morgan fingerprint density at radius 3 is 2.25 bits per heavy atom. The Kier molecular flexibility index (Phi) is 3.65. The summed E-state index contributed by atoms with van der Waals surface area (Å²) in [6, 6.07) is 5.62. The molecule has 1 aromatic carbocycles. The van der Waals surface area contributed by atoms with E-state index in [0.717, 1.165) is 5.56 Å². The summed E-state index contributed by atoms with van der Waals surface area (Å²) < 4.78 is 27.4. The van der Waals surface area contributed by atoms with Crippen LogP contribution in [0.15, 0.2) is 39.8 Å². The summed E-state index contributed by atoms with van der Waals surface area (Å²) in [5, 5.41) is 7.67. The van der Waals surface area contributed by atoms with E-state index in [1.165, 1.54) is 30.5 Å². The number of anilines is 1. The fraction of sp³-hybridized carbons (Fsp3) is 0.154. The Morgan fingerprint density at radius 1 is 1.20 bits per heavy atom. The van der Waals surface area contributed by atoms with E-state index in [1.807, 2.05) is 0 Å². The van der Waals surface area contributed by atoms with Gasteiger partial charge in [0.15, 0.2) is 0 Å². The van der Waals surface area contributed by atoms with Gasteiger partial charge in [-0.2, -0.15) is 0 Å². The lowest BCUT2D eigenvalue weighted by atomic mass is 10.1. The molecule has 0 unspecified atom stereocenters. The fourth-order valence-electron chi connectivity index (χ4n) is 1.83. The minimum absolute atomic E-state index is 0.00817. The maximum atomic E-state index is 12.1. The van der Waals surface area contributed by atoms with Gasteiger partial charge in [0, 0.05) is 11.3 Å². The average molecular weight is 294 g/mol. The number of rotatable bonds is 3. The molecule has 20 heavy (non-hydrogen) atoms. The first-order valence-corrected chi connectivity index (χ1v) is 7.32. The third kappa shape index (κ3) is 2.89. The molecule has 0 aliphatic carbocycles. The van der Waals surface area contributed by atoms with Crippen LogP contribution in [0.1, 0.15) is 21.7 Å². The van der Waals surface area contributed by atoms with Crippen LogP contribution in [0.2, 0.25) is 0 Å². The van der Waals surface area contributed by atoms with Crippen molar-refractivity contribution in [3.8, 4) is 0 Å². The molecule has 0 fully saturated rings. The minimum atomic E-state index is -3.73. The van der Waals surface area contributed by atoms with Gasteiger partial charge >= 0.3 is 0 Å². The number of benzene rings is 1. The second-order valence-corrected chi connectivity index (χ2v) is 5.93. The zero-order chi connectivity index (χ0) is 14.9. The molecule has 106 valence electrons. The third-order valence-corrected chi connectivity index (χ3v) is 3.76. The molecule has 0 aliphatic heterocycles. The number of aryl methyl sites for hydroxylation is 2. The maximum absolute atomic E-state index is 12.1.